The van der Waals surface area contributed by atoms with Crippen LogP contribution in [0.15, 0.2) is 66.9 Å². The summed E-state index contributed by atoms with van der Waals surface area (Å²) in [5, 5.41) is 8.98. The minimum atomic E-state index is -0.936. The van der Waals surface area contributed by atoms with Gasteiger partial charge in [-0.25, -0.2) is 9.78 Å². The Balaban J connectivity index is 1.34. The first-order chi connectivity index (χ1) is 15.2. The lowest BCUT2D eigenvalue weighted by atomic mass is 10.0. The molecular weight excluding hydrogens is 394 g/mol. The first-order valence-corrected chi connectivity index (χ1v) is 10.4. The van der Waals surface area contributed by atoms with E-state index < -0.39 is 5.97 Å². The molecule has 2 heterocycles. The zero-order chi connectivity index (χ0) is 21.5. The molecule has 1 aliphatic rings. The Hall–Kier alpha value is -3.38. The fourth-order valence-corrected chi connectivity index (χ4v) is 3.43. The third kappa shape index (κ3) is 5.83. The van der Waals surface area contributed by atoms with Crippen LogP contribution >= 0.6 is 0 Å². The Kier molecular flexibility index (Phi) is 6.79. The monoisotopic (exact) mass is 419 g/mol. The van der Waals surface area contributed by atoms with Crippen molar-refractivity contribution in [3.8, 4) is 22.8 Å². The predicted molar refractivity (Wildman–Crippen MR) is 116 cm³/mol. The van der Waals surface area contributed by atoms with Gasteiger partial charge in [-0.3, -0.25) is 0 Å². The third-order valence-corrected chi connectivity index (χ3v) is 5.32. The number of rotatable bonds is 8. The number of carboxylic acids is 1. The van der Waals surface area contributed by atoms with Crippen LogP contribution in [0.3, 0.4) is 0 Å². The summed E-state index contributed by atoms with van der Waals surface area (Å²) < 4.78 is 17.1. The molecule has 0 bridgehead atoms. The SMILES string of the molecule is O=C(O)c1ccc(COc2cccc(-c3ccc(OCC4CCOCC4)nc3)c2)cc1. The number of carboxylic acid groups (broad SMARTS) is 1. The maximum Gasteiger partial charge on any atom is 0.335 e. The molecule has 0 amide bonds. The van der Waals surface area contributed by atoms with Crippen molar-refractivity contribution in [2.75, 3.05) is 19.8 Å². The summed E-state index contributed by atoms with van der Waals surface area (Å²) >= 11 is 0. The molecule has 1 aromatic heterocycles. The molecule has 0 spiro atoms. The fourth-order valence-electron chi connectivity index (χ4n) is 3.43. The molecule has 0 unspecified atom stereocenters. The molecule has 6 heteroatoms. The van der Waals surface area contributed by atoms with Crippen molar-refractivity contribution in [2.24, 2.45) is 5.92 Å². The number of ether oxygens (including phenoxy) is 3. The van der Waals surface area contributed by atoms with E-state index in [0.29, 0.717) is 25.0 Å². The van der Waals surface area contributed by atoms with Gasteiger partial charge < -0.3 is 19.3 Å². The maximum atomic E-state index is 10.9. The third-order valence-electron chi connectivity index (χ3n) is 5.32. The number of hydrogen-bond donors (Lipinski definition) is 1. The molecule has 3 aromatic rings. The van der Waals surface area contributed by atoms with Crippen LogP contribution in [0.2, 0.25) is 0 Å². The van der Waals surface area contributed by atoms with Gasteiger partial charge in [0.05, 0.1) is 12.2 Å². The van der Waals surface area contributed by atoms with Gasteiger partial charge in [0.25, 0.3) is 0 Å². The molecular formula is C25H25NO5. The highest BCUT2D eigenvalue weighted by atomic mass is 16.5. The van der Waals surface area contributed by atoms with E-state index in [1.54, 1.807) is 24.3 Å². The minimum absolute atomic E-state index is 0.262. The van der Waals surface area contributed by atoms with Crippen LogP contribution in [-0.4, -0.2) is 35.9 Å². The van der Waals surface area contributed by atoms with Crippen LogP contribution in [0.1, 0.15) is 28.8 Å². The molecule has 160 valence electrons. The van der Waals surface area contributed by atoms with Crippen molar-refractivity contribution in [3.63, 3.8) is 0 Å². The summed E-state index contributed by atoms with van der Waals surface area (Å²) in [4.78, 5) is 15.4. The van der Waals surface area contributed by atoms with E-state index in [9.17, 15) is 4.79 Å². The van der Waals surface area contributed by atoms with Gasteiger partial charge >= 0.3 is 5.97 Å². The van der Waals surface area contributed by atoms with Crippen LogP contribution in [0.5, 0.6) is 11.6 Å². The lowest BCUT2D eigenvalue weighted by Crippen LogP contribution is -2.21. The molecule has 1 aliphatic heterocycles. The van der Waals surface area contributed by atoms with E-state index >= 15 is 0 Å². The first-order valence-electron chi connectivity index (χ1n) is 10.4. The highest BCUT2D eigenvalue weighted by Gasteiger charge is 2.14. The van der Waals surface area contributed by atoms with Gasteiger partial charge in [-0.15, -0.1) is 0 Å². The number of pyridine rings is 1. The molecule has 6 nitrogen and oxygen atoms in total. The van der Waals surface area contributed by atoms with Crippen LogP contribution in [0.4, 0.5) is 0 Å². The molecule has 0 atom stereocenters. The molecule has 0 aliphatic carbocycles. The maximum absolute atomic E-state index is 10.9. The minimum Gasteiger partial charge on any atom is -0.489 e. The molecule has 1 fully saturated rings. The topological polar surface area (TPSA) is 77.9 Å². The largest absolute Gasteiger partial charge is 0.489 e. The molecule has 0 saturated carbocycles. The van der Waals surface area contributed by atoms with Crippen molar-refractivity contribution in [1.82, 2.24) is 4.98 Å². The normalized spacial score (nSPS) is 14.2. The van der Waals surface area contributed by atoms with Crippen LogP contribution in [0, 0.1) is 5.92 Å². The number of aromatic nitrogens is 1. The van der Waals surface area contributed by atoms with E-state index in [1.165, 1.54) is 0 Å². The van der Waals surface area contributed by atoms with Crippen molar-refractivity contribution in [3.05, 3.63) is 78.0 Å². The Bertz CT molecular complexity index is 995. The first kappa shape index (κ1) is 20.9. The summed E-state index contributed by atoms with van der Waals surface area (Å²) in [7, 11) is 0. The Morgan fingerprint density at radius 1 is 1.00 bits per heavy atom. The smallest absolute Gasteiger partial charge is 0.335 e. The second-order valence-corrected chi connectivity index (χ2v) is 7.57. The molecule has 2 aromatic carbocycles. The second-order valence-electron chi connectivity index (χ2n) is 7.57. The zero-order valence-corrected chi connectivity index (χ0v) is 17.2. The van der Waals surface area contributed by atoms with E-state index in [4.69, 9.17) is 19.3 Å². The zero-order valence-electron chi connectivity index (χ0n) is 17.2. The average Bonchev–Trinajstić information content (AvgIpc) is 2.83. The van der Waals surface area contributed by atoms with Crippen molar-refractivity contribution in [2.45, 2.75) is 19.4 Å². The summed E-state index contributed by atoms with van der Waals surface area (Å²) in [6.45, 7) is 2.66. The van der Waals surface area contributed by atoms with Crippen molar-refractivity contribution in [1.29, 1.82) is 0 Å². The van der Waals surface area contributed by atoms with Gasteiger partial charge in [-0.1, -0.05) is 24.3 Å². The lowest BCUT2D eigenvalue weighted by Gasteiger charge is -2.21. The lowest BCUT2D eigenvalue weighted by molar-refractivity contribution is 0.0490. The number of nitrogens with zero attached hydrogens (tertiary/aromatic N) is 1. The van der Waals surface area contributed by atoms with E-state index in [2.05, 4.69) is 4.98 Å². The number of benzene rings is 2. The Morgan fingerprint density at radius 2 is 1.81 bits per heavy atom. The molecule has 1 saturated heterocycles. The molecule has 31 heavy (non-hydrogen) atoms. The fraction of sp³-hybridized carbons (Fsp3) is 0.280. The van der Waals surface area contributed by atoms with Crippen molar-refractivity contribution < 1.29 is 24.1 Å². The van der Waals surface area contributed by atoms with E-state index in [0.717, 1.165) is 48.5 Å². The van der Waals surface area contributed by atoms with Gasteiger partial charge in [-0.2, -0.15) is 0 Å². The van der Waals surface area contributed by atoms with Gasteiger partial charge in [0.15, 0.2) is 0 Å². The van der Waals surface area contributed by atoms with Gasteiger partial charge in [0.2, 0.25) is 5.88 Å². The molecule has 0 radical (unpaired) electrons. The summed E-state index contributed by atoms with van der Waals surface area (Å²) in [6, 6.07) is 18.4. The number of hydrogen-bond acceptors (Lipinski definition) is 5. The Labute approximate surface area is 181 Å². The summed E-state index contributed by atoms with van der Waals surface area (Å²) in [5.74, 6) is 0.963. The van der Waals surface area contributed by atoms with E-state index in [1.807, 2.05) is 42.6 Å². The Morgan fingerprint density at radius 3 is 2.52 bits per heavy atom. The summed E-state index contributed by atoms with van der Waals surface area (Å²) in [5.41, 5.74) is 3.15. The number of aromatic carboxylic acids is 1. The molecule has 4 rings (SSSR count). The quantitative estimate of drug-likeness (QED) is 0.563. The standard InChI is InChI=1S/C25H25NO5/c27-25(28)20-6-4-18(5-7-20)16-30-23-3-1-2-21(14-23)22-8-9-24(26-15-22)31-17-19-10-12-29-13-11-19/h1-9,14-15,19H,10-13,16-17H2,(H,27,28). The van der Waals surface area contributed by atoms with Gasteiger partial charge in [0, 0.05) is 31.0 Å². The summed E-state index contributed by atoms with van der Waals surface area (Å²) in [6.07, 6.45) is 3.88. The van der Waals surface area contributed by atoms with Gasteiger partial charge in [-0.05, 0) is 60.2 Å². The van der Waals surface area contributed by atoms with E-state index in [-0.39, 0.29) is 5.56 Å². The van der Waals surface area contributed by atoms with Crippen LogP contribution in [-0.2, 0) is 11.3 Å². The van der Waals surface area contributed by atoms with Crippen molar-refractivity contribution >= 4 is 5.97 Å². The van der Waals surface area contributed by atoms with Crippen LogP contribution < -0.4 is 9.47 Å². The van der Waals surface area contributed by atoms with Crippen LogP contribution in [0.25, 0.3) is 11.1 Å². The number of carbonyl (C=O) groups is 1. The predicted octanol–water partition coefficient (Wildman–Crippen LogP) is 4.83. The average molecular weight is 419 g/mol. The highest BCUT2D eigenvalue weighted by molar-refractivity contribution is 5.87. The second kappa shape index (κ2) is 10.1. The highest BCUT2D eigenvalue weighted by Crippen LogP contribution is 2.25. The molecule has 1 N–H and O–H groups in total. The van der Waals surface area contributed by atoms with Gasteiger partial charge in [0.1, 0.15) is 12.4 Å².